The molecule has 14 heavy (non-hydrogen) atoms. The van der Waals surface area contributed by atoms with Crippen molar-refractivity contribution in [3.8, 4) is 0 Å². The molecule has 2 rings (SSSR count). The van der Waals surface area contributed by atoms with Gasteiger partial charge in [0.1, 0.15) is 5.82 Å². The van der Waals surface area contributed by atoms with E-state index in [0.29, 0.717) is 19.0 Å². The monoisotopic (exact) mass is 196 g/mol. The van der Waals surface area contributed by atoms with Gasteiger partial charge in [0.25, 0.3) is 0 Å². The largest absolute Gasteiger partial charge is 0.343 e. The van der Waals surface area contributed by atoms with Crippen LogP contribution < -0.4 is 11.4 Å². The predicted molar refractivity (Wildman–Crippen MR) is 53.1 cm³/mol. The molecule has 5 nitrogen and oxygen atoms in total. The van der Waals surface area contributed by atoms with Gasteiger partial charge in [-0.15, -0.1) is 0 Å². The zero-order chi connectivity index (χ0) is 9.97. The third-order valence-electron chi connectivity index (χ3n) is 2.78. The lowest BCUT2D eigenvalue weighted by Crippen LogP contribution is -2.22. The van der Waals surface area contributed by atoms with Crippen LogP contribution in [0.25, 0.3) is 0 Å². The number of nitrogens with zero attached hydrogens (tertiary/aromatic N) is 2. The van der Waals surface area contributed by atoms with Crippen molar-refractivity contribution in [2.24, 2.45) is 5.73 Å². The summed E-state index contributed by atoms with van der Waals surface area (Å²) in [6, 6.07) is 0. The Labute approximate surface area is 82.3 Å². The molecule has 5 heteroatoms. The van der Waals surface area contributed by atoms with E-state index in [0.717, 1.165) is 18.7 Å². The second-order valence-electron chi connectivity index (χ2n) is 3.81. The number of hydrogen-bond acceptors (Lipinski definition) is 3. The Balaban J connectivity index is 2.18. The van der Waals surface area contributed by atoms with Crippen LogP contribution >= 0.6 is 0 Å². The average molecular weight is 196 g/mol. The fourth-order valence-corrected chi connectivity index (χ4v) is 2.03. The number of aromatic nitrogens is 3. The molecule has 0 aliphatic heterocycles. The predicted octanol–water partition coefficient (Wildman–Crippen LogP) is 0.188. The summed E-state index contributed by atoms with van der Waals surface area (Å²) in [4.78, 5) is 14.2. The Kier molecular flexibility index (Phi) is 2.67. The molecule has 0 saturated heterocycles. The van der Waals surface area contributed by atoms with Crippen LogP contribution in [-0.4, -0.2) is 21.3 Å². The van der Waals surface area contributed by atoms with Crippen molar-refractivity contribution in [1.82, 2.24) is 14.8 Å². The van der Waals surface area contributed by atoms with E-state index in [4.69, 9.17) is 5.73 Å². The second kappa shape index (κ2) is 3.96. The first kappa shape index (κ1) is 9.45. The Morgan fingerprint density at radius 3 is 2.86 bits per heavy atom. The van der Waals surface area contributed by atoms with Gasteiger partial charge in [-0.25, -0.2) is 9.48 Å². The molecule has 1 fully saturated rings. The maximum Gasteiger partial charge on any atom is 0.343 e. The van der Waals surface area contributed by atoms with Crippen molar-refractivity contribution < 1.29 is 0 Å². The van der Waals surface area contributed by atoms with Gasteiger partial charge >= 0.3 is 5.69 Å². The van der Waals surface area contributed by atoms with E-state index in [-0.39, 0.29) is 5.69 Å². The molecule has 0 bridgehead atoms. The molecular formula is C9H16N4O. The quantitative estimate of drug-likeness (QED) is 0.724. The van der Waals surface area contributed by atoms with Crippen molar-refractivity contribution in [3.05, 3.63) is 16.3 Å². The molecule has 0 atom stereocenters. The molecule has 1 aliphatic carbocycles. The van der Waals surface area contributed by atoms with Crippen LogP contribution in [0.1, 0.15) is 37.4 Å². The average Bonchev–Trinajstić information content (AvgIpc) is 2.76. The minimum Gasteiger partial charge on any atom is -0.329 e. The van der Waals surface area contributed by atoms with Crippen LogP contribution in [0, 0.1) is 0 Å². The van der Waals surface area contributed by atoms with Crippen molar-refractivity contribution in [2.75, 3.05) is 6.54 Å². The highest BCUT2D eigenvalue weighted by atomic mass is 16.1. The van der Waals surface area contributed by atoms with Gasteiger partial charge < -0.3 is 5.73 Å². The lowest BCUT2D eigenvalue weighted by atomic mass is 10.1. The maximum absolute atomic E-state index is 11.4. The van der Waals surface area contributed by atoms with Gasteiger partial charge in [0.15, 0.2) is 0 Å². The van der Waals surface area contributed by atoms with E-state index in [1.165, 1.54) is 17.5 Å². The van der Waals surface area contributed by atoms with Gasteiger partial charge in [-0.05, 0) is 12.8 Å². The standard InChI is InChI=1S/C9H16N4O/c10-5-6-13-9(14)11-8(12-13)7-3-1-2-4-7/h7H,1-6,10H2,(H,11,12,14). The molecule has 1 heterocycles. The van der Waals surface area contributed by atoms with Crippen LogP contribution in [0.15, 0.2) is 4.79 Å². The summed E-state index contributed by atoms with van der Waals surface area (Å²) in [6.07, 6.45) is 4.79. The molecule has 0 amide bonds. The lowest BCUT2D eigenvalue weighted by molar-refractivity contribution is 0.580. The Hall–Kier alpha value is -1.10. The number of aromatic amines is 1. The minimum atomic E-state index is -0.127. The molecule has 1 saturated carbocycles. The molecule has 0 aromatic carbocycles. The fraction of sp³-hybridized carbons (Fsp3) is 0.778. The fourth-order valence-electron chi connectivity index (χ4n) is 2.03. The zero-order valence-corrected chi connectivity index (χ0v) is 8.20. The van der Waals surface area contributed by atoms with E-state index in [9.17, 15) is 4.79 Å². The first-order valence-corrected chi connectivity index (χ1v) is 5.18. The van der Waals surface area contributed by atoms with E-state index in [1.807, 2.05) is 0 Å². The number of H-pyrrole nitrogens is 1. The summed E-state index contributed by atoms with van der Waals surface area (Å²) >= 11 is 0. The molecule has 1 aliphatic rings. The first-order chi connectivity index (χ1) is 6.81. The Morgan fingerprint density at radius 1 is 1.50 bits per heavy atom. The molecule has 0 spiro atoms. The third-order valence-corrected chi connectivity index (χ3v) is 2.78. The summed E-state index contributed by atoms with van der Waals surface area (Å²) in [5, 5.41) is 4.25. The number of hydrogen-bond donors (Lipinski definition) is 2. The van der Waals surface area contributed by atoms with Gasteiger partial charge in [0, 0.05) is 12.5 Å². The normalized spacial score (nSPS) is 17.8. The van der Waals surface area contributed by atoms with E-state index in [1.54, 1.807) is 0 Å². The highest BCUT2D eigenvalue weighted by molar-refractivity contribution is 4.96. The first-order valence-electron chi connectivity index (χ1n) is 5.18. The summed E-state index contributed by atoms with van der Waals surface area (Å²) in [5.74, 6) is 1.31. The highest BCUT2D eigenvalue weighted by Gasteiger charge is 2.20. The molecule has 1 aromatic heterocycles. The second-order valence-corrected chi connectivity index (χ2v) is 3.81. The highest BCUT2D eigenvalue weighted by Crippen LogP contribution is 2.31. The molecule has 1 aromatic rings. The molecule has 3 N–H and O–H groups in total. The van der Waals surface area contributed by atoms with E-state index >= 15 is 0 Å². The number of rotatable bonds is 3. The molecule has 78 valence electrons. The van der Waals surface area contributed by atoms with Crippen LogP contribution in [0.2, 0.25) is 0 Å². The van der Waals surface area contributed by atoms with Gasteiger partial charge in [-0.1, -0.05) is 12.8 Å². The van der Waals surface area contributed by atoms with Crippen molar-refractivity contribution in [3.63, 3.8) is 0 Å². The maximum atomic E-state index is 11.4. The summed E-state index contributed by atoms with van der Waals surface area (Å²) in [7, 11) is 0. The van der Waals surface area contributed by atoms with Crippen molar-refractivity contribution in [1.29, 1.82) is 0 Å². The van der Waals surface area contributed by atoms with E-state index in [2.05, 4.69) is 10.1 Å². The van der Waals surface area contributed by atoms with Crippen LogP contribution in [-0.2, 0) is 6.54 Å². The van der Waals surface area contributed by atoms with Crippen LogP contribution in [0.5, 0.6) is 0 Å². The third kappa shape index (κ3) is 1.72. The van der Waals surface area contributed by atoms with Gasteiger partial charge in [-0.2, -0.15) is 5.10 Å². The van der Waals surface area contributed by atoms with Crippen LogP contribution in [0.4, 0.5) is 0 Å². The summed E-state index contributed by atoms with van der Waals surface area (Å²) in [5.41, 5.74) is 5.25. The Morgan fingerprint density at radius 2 is 2.21 bits per heavy atom. The smallest absolute Gasteiger partial charge is 0.329 e. The zero-order valence-electron chi connectivity index (χ0n) is 8.20. The van der Waals surface area contributed by atoms with Crippen molar-refractivity contribution in [2.45, 2.75) is 38.1 Å². The van der Waals surface area contributed by atoms with Gasteiger partial charge in [0.05, 0.1) is 6.54 Å². The molecule has 0 unspecified atom stereocenters. The van der Waals surface area contributed by atoms with E-state index < -0.39 is 0 Å². The minimum absolute atomic E-state index is 0.127. The summed E-state index contributed by atoms with van der Waals surface area (Å²) < 4.78 is 1.42. The van der Waals surface area contributed by atoms with Gasteiger partial charge in [0.2, 0.25) is 0 Å². The SMILES string of the molecule is NCCn1nc(C2CCCC2)[nH]c1=O. The van der Waals surface area contributed by atoms with Gasteiger partial charge in [-0.3, -0.25) is 4.98 Å². The lowest BCUT2D eigenvalue weighted by Gasteiger charge is -2.02. The molecule has 0 radical (unpaired) electrons. The Bertz CT molecular complexity index is 348. The van der Waals surface area contributed by atoms with Crippen molar-refractivity contribution >= 4 is 0 Å². The summed E-state index contributed by atoms with van der Waals surface area (Å²) in [6.45, 7) is 0.955. The molecular weight excluding hydrogens is 180 g/mol. The number of nitrogens with one attached hydrogen (secondary N) is 1. The van der Waals surface area contributed by atoms with Crippen LogP contribution in [0.3, 0.4) is 0 Å². The topological polar surface area (TPSA) is 76.7 Å². The number of nitrogens with two attached hydrogens (primary N) is 1.